The van der Waals surface area contributed by atoms with Crippen LogP contribution in [-0.2, 0) is 13.5 Å². The van der Waals surface area contributed by atoms with Crippen LogP contribution in [0.5, 0.6) is 11.5 Å². The standard InChI is InChI=1S/C16H20N2O3/c1-4-13-12(9-18(2)17-13)16-8-14(19)11-6-5-10(20-3)7-15(11)21-16/h5-7,9,14,16,19H,4,8H2,1-3H3. The van der Waals surface area contributed by atoms with Gasteiger partial charge in [0.15, 0.2) is 0 Å². The van der Waals surface area contributed by atoms with Gasteiger partial charge in [-0.3, -0.25) is 4.68 Å². The molecular formula is C16H20N2O3. The maximum Gasteiger partial charge on any atom is 0.130 e. The average Bonchev–Trinajstić information content (AvgIpc) is 2.87. The second-order valence-electron chi connectivity index (χ2n) is 5.32. The Morgan fingerprint density at radius 2 is 2.24 bits per heavy atom. The van der Waals surface area contributed by atoms with Gasteiger partial charge >= 0.3 is 0 Å². The van der Waals surface area contributed by atoms with Crippen LogP contribution in [0.15, 0.2) is 24.4 Å². The van der Waals surface area contributed by atoms with Crippen LogP contribution in [0.4, 0.5) is 0 Å². The first-order valence-corrected chi connectivity index (χ1v) is 7.17. The van der Waals surface area contributed by atoms with Gasteiger partial charge < -0.3 is 14.6 Å². The molecule has 0 saturated carbocycles. The topological polar surface area (TPSA) is 56.5 Å². The van der Waals surface area contributed by atoms with Gasteiger partial charge in [-0.1, -0.05) is 6.92 Å². The summed E-state index contributed by atoms with van der Waals surface area (Å²) in [6.07, 6.45) is 2.65. The van der Waals surface area contributed by atoms with Gasteiger partial charge in [-0.2, -0.15) is 5.10 Å². The number of aromatic nitrogens is 2. The van der Waals surface area contributed by atoms with Crippen LogP contribution in [0, 0.1) is 0 Å². The molecule has 0 spiro atoms. The first-order chi connectivity index (χ1) is 10.1. The summed E-state index contributed by atoms with van der Waals surface area (Å²) in [7, 11) is 3.52. The molecule has 0 saturated heterocycles. The van der Waals surface area contributed by atoms with Gasteiger partial charge in [0.25, 0.3) is 0 Å². The number of nitrogens with zero attached hydrogens (tertiary/aromatic N) is 2. The molecule has 1 aromatic carbocycles. The zero-order chi connectivity index (χ0) is 15.0. The highest BCUT2D eigenvalue weighted by Crippen LogP contribution is 2.42. The Hall–Kier alpha value is -2.01. The first kappa shape index (κ1) is 13.9. The number of hydrogen-bond donors (Lipinski definition) is 1. The van der Waals surface area contributed by atoms with Crippen molar-refractivity contribution in [3.05, 3.63) is 41.2 Å². The summed E-state index contributed by atoms with van der Waals surface area (Å²) in [4.78, 5) is 0. The Balaban J connectivity index is 1.96. The fourth-order valence-corrected chi connectivity index (χ4v) is 2.84. The van der Waals surface area contributed by atoms with Gasteiger partial charge in [0.05, 0.1) is 18.9 Å². The van der Waals surface area contributed by atoms with E-state index in [0.717, 1.165) is 29.0 Å². The Morgan fingerprint density at radius 1 is 1.43 bits per heavy atom. The van der Waals surface area contributed by atoms with Crippen LogP contribution >= 0.6 is 0 Å². The minimum absolute atomic E-state index is 0.178. The molecular weight excluding hydrogens is 268 g/mol. The Labute approximate surface area is 124 Å². The van der Waals surface area contributed by atoms with Crippen LogP contribution in [0.2, 0.25) is 0 Å². The molecule has 0 radical (unpaired) electrons. The molecule has 1 N–H and O–H groups in total. The van der Waals surface area contributed by atoms with Gasteiger partial charge in [0.1, 0.15) is 17.6 Å². The van der Waals surface area contributed by atoms with Crippen LogP contribution in [0.3, 0.4) is 0 Å². The van der Waals surface area contributed by atoms with Crippen LogP contribution in [0.1, 0.15) is 42.4 Å². The zero-order valence-corrected chi connectivity index (χ0v) is 12.5. The predicted molar refractivity (Wildman–Crippen MR) is 78.5 cm³/mol. The minimum Gasteiger partial charge on any atom is -0.497 e. The lowest BCUT2D eigenvalue weighted by atomic mass is 9.94. The molecule has 0 amide bonds. The molecule has 1 aliphatic heterocycles. The summed E-state index contributed by atoms with van der Waals surface area (Å²) in [6.45, 7) is 2.07. The van der Waals surface area contributed by atoms with E-state index in [1.54, 1.807) is 11.8 Å². The van der Waals surface area contributed by atoms with E-state index in [2.05, 4.69) is 12.0 Å². The first-order valence-electron chi connectivity index (χ1n) is 7.17. The molecule has 2 heterocycles. The summed E-state index contributed by atoms with van der Waals surface area (Å²) in [6, 6.07) is 5.53. The van der Waals surface area contributed by atoms with E-state index >= 15 is 0 Å². The van der Waals surface area contributed by atoms with Crippen molar-refractivity contribution in [2.24, 2.45) is 7.05 Å². The molecule has 1 aromatic heterocycles. The van der Waals surface area contributed by atoms with Crippen molar-refractivity contribution in [3.63, 3.8) is 0 Å². The highest BCUT2D eigenvalue weighted by Gasteiger charge is 2.30. The van der Waals surface area contributed by atoms with Crippen molar-refractivity contribution in [2.75, 3.05) is 7.11 Å². The second kappa shape index (κ2) is 5.41. The molecule has 2 aromatic rings. The smallest absolute Gasteiger partial charge is 0.130 e. The number of methoxy groups -OCH3 is 1. The van der Waals surface area contributed by atoms with E-state index in [4.69, 9.17) is 9.47 Å². The highest BCUT2D eigenvalue weighted by atomic mass is 16.5. The fraction of sp³-hybridized carbons (Fsp3) is 0.438. The van der Waals surface area contributed by atoms with Crippen LogP contribution < -0.4 is 9.47 Å². The van der Waals surface area contributed by atoms with E-state index in [1.165, 1.54) is 0 Å². The SMILES string of the molecule is CCc1nn(C)cc1C1CC(O)c2ccc(OC)cc2O1. The third kappa shape index (κ3) is 2.49. The van der Waals surface area contributed by atoms with Crippen molar-refractivity contribution >= 4 is 0 Å². The summed E-state index contributed by atoms with van der Waals surface area (Å²) in [5.41, 5.74) is 2.88. The number of fused-ring (bicyclic) bond motifs is 1. The molecule has 0 bridgehead atoms. The van der Waals surface area contributed by atoms with Gasteiger partial charge in [-0.05, 0) is 18.6 Å². The quantitative estimate of drug-likeness (QED) is 0.943. The number of hydrogen-bond acceptors (Lipinski definition) is 4. The monoisotopic (exact) mass is 288 g/mol. The van der Waals surface area contributed by atoms with Crippen molar-refractivity contribution in [2.45, 2.75) is 32.0 Å². The molecule has 21 heavy (non-hydrogen) atoms. The van der Waals surface area contributed by atoms with Crippen LogP contribution in [0.25, 0.3) is 0 Å². The second-order valence-corrected chi connectivity index (χ2v) is 5.32. The van der Waals surface area contributed by atoms with E-state index in [9.17, 15) is 5.11 Å². The molecule has 2 atom stereocenters. The zero-order valence-electron chi connectivity index (χ0n) is 12.5. The number of rotatable bonds is 3. The molecule has 0 fully saturated rings. The van der Waals surface area contributed by atoms with Crippen molar-refractivity contribution < 1.29 is 14.6 Å². The third-order valence-corrected chi connectivity index (χ3v) is 3.91. The summed E-state index contributed by atoms with van der Waals surface area (Å²) >= 11 is 0. The van der Waals surface area contributed by atoms with E-state index < -0.39 is 6.10 Å². The van der Waals surface area contributed by atoms with Gasteiger partial charge in [0, 0.05) is 36.9 Å². The fourth-order valence-electron chi connectivity index (χ4n) is 2.84. The number of aryl methyl sites for hydroxylation is 2. The normalized spacial score (nSPS) is 20.8. The summed E-state index contributed by atoms with van der Waals surface area (Å²) in [5, 5.41) is 14.8. The Morgan fingerprint density at radius 3 is 2.95 bits per heavy atom. The summed E-state index contributed by atoms with van der Waals surface area (Å²) < 4.78 is 13.1. The minimum atomic E-state index is -0.533. The average molecular weight is 288 g/mol. The van der Waals surface area contributed by atoms with Crippen LogP contribution in [-0.4, -0.2) is 22.0 Å². The Kier molecular flexibility index (Phi) is 3.59. The molecule has 0 aliphatic carbocycles. The summed E-state index contributed by atoms with van der Waals surface area (Å²) in [5.74, 6) is 1.41. The molecule has 1 aliphatic rings. The number of aliphatic hydroxyl groups is 1. The lowest BCUT2D eigenvalue weighted by Crippen LogP contribution is -2.19. The largest absolute Gasteiger partial charge is 0.497 e. The molecule has 3 rings (SSSR count). The van der Waals surface area contributed by atoms with Crippen molar-refractivity contribution in [3.8, 4) is 11.5 Å². The van der Waals surface area contributed by atoms with Gasteiger partial charge in [-0.25, -0.2) is 0 Å². The predicted octanol–water partition coefficient (Wildman–Crippen LogP) is 2.55. The lowest BCUT2D eigenvalue weighted by molar-refractivity contribution is 0.0651. The highest BCUT2D eigenvalue weighted by molar-refractivity contribution is 5.44. The molecule has 2 unspecified atom stereocenters. The van der Waals surface area contributed by atoms with Crippen molar-refractivity contribution in [1.82, 2.24) is 9.78 Å². The number of aliphatic hydroxyl groups excluding tert-OH is 1. The Bertz CT molecular complexity index is 651. The number of ether oxygens (including phenoxy) is 2. The molecule has 5 heteroatoms. The van der Waals surface area contributed by atoms with E-state index in [1.807, 2.05) is 31.4 Å². The number of benzene rings is 1. The van der Waals surface area contributed by atoms with Gasteiger partial charge in [0.2, 0.25) is 0 Å². The van der Waals surface area contributed by atoms with E-state index in [-0.39, 0.29) is 6.10 Å². The maximum absolute atomic E-state index is 10.4. The van der Waals surface area contributed by atoms with Crippen molar-refractivity contribution in [1.29, 1.82) is 0 Å². The lowest BCUT2D eigenvalue weighted by Gasteiger charge is -2.29. The molecule has 112 valence electrons. The third-order valence-electron chi connectivity index (χ3n) is 3.91. The van der Waals surface area contributed by atoms with E-state index in [0.29, 0.717) is 12.2 Å². The van der Waals surface area contributed by atoms with Gasteiger partial charge in [-0.15, -0.1) is 0 Å². The molecule has 5 nitrogen and oxygen atoms in total. The maximum atomic E-state index is 10.4.